The summed E-state index contributed by atoms with van der Waals surface area (Å²) in [6, 6.07) is 0. The van der Waals surface area contributed by atoms with Gasteiger partial charge in [-0.1, -0.05) is 15.9 Å². The number of allylic oxidation sites excluding steroid dienone is 1. The third-order valence-electron chi connectivity index (χ3n) is 2.57. The summed E-state index contributed by atoms with van der Waals surface area (Å²) in [6.45, 7) is 0. The highest BCUT2D eigenvalue weighted by molar-refractivity contribution is 9.09. The molecule has 1 saturated carbocycles. The molecule has 3 atom stereocenters. The van der Waals surface area contributed by atoms with Gasteiger partial charge in [0.15, 0.2) is 5.78 Å². The second-order valence-electron chi connectivity index (χ2n) is 3.35. The minimum Gasteiger partial charge on any atom is -0.497 e. The number of alkyl halides is 1. The van der Waals surface area contributed by atoms with E-state index in [0.717, 1.165) is 19.3 Å². The van der Waals surface area contributed by atoms with Crippen LogP contribution in [0.4, 0.5) is 0 Å². The quantitative estimate of drug-likeness (QED) is 0.596. The van der Waals surface area contributed by atoms with Crippen molar-refractivity contribution < 1.29 is 9.53 Å². The number of carbonyl (C=O) groups is 1. The Balaban J connectivity index is 2.20. The number of carbonyl (C=O) groups excluding carboxylic acids is 1. The summed E-state index contributed by atoms with van der Waals surface area (Å²) in [5.74, 6) is 0.275. The van der Waals surface area contributed by atoms with Crippen LogP contribution in [0, 0.1) is 5.92 Å². The molecule has 0 aromatic carbocycles. The lowest BCUT2D eigenvalue weighted by Gasteiger charge is -2.35. The van der Waals surface area contributed by atoms with Gasteiger partial charge in [-0.2, -0.15) is 0 Å². The molecule has 0 radical (unpaired) electrons. The Morgan fingerprint density at radius 2 is 2.33 bits per heavy atom. The summed E-state index contributed by atoms with van der Waals surface area (Å²) >= 11 is 3.54. The summed E-state index contributed by atoms with van der Waals surface area (Å²) < 4.78 is 5.39. The average Bonchev–Trinajstić information content (AvgIpc) is 2.04. The van der Waals surface area contributed by atoms with Crippen molar-refractivity contribution >= 4 is 21.7 Å². The molecular formula is C9H11BrO2. The molecule has 1 fully saturated rings. The Morgan fingerprint density at radius 1 is 1.50 bits per heavy atom. The van der Waals surface area contributed by atoms with Crippen LogP contribution in [0.15, 0.2) is 12.3 Å². The highest BCUT2D eigenvalue weighted by atomic mass is 79.9. The van der Waals surface area contributed by atoms with Crippen LogP contribution in [0.1, 0.15) is 19.3 Å². The van der Waals surface area contributed by atoms with Crippen molar-refractivity contribution in [2.24, 2.45) is 5.92 Å². The van der Waals surface area contributed by atoms with E-state index in [0.29, 0.717) is 4.83 Å². The first kappa shape index (κ1) is 8.30. The first-order valence-corrected chi connectivity index (χ1v) is 5.20. The van der Waals surface area contributed by atoms with Crippen LogP contribution in [0.5, 0.6) is 0 Å². The minimum atomic E-state index is 0.0590. The van der Waals surface area contributed by atoms with Gasteiger partial charge in [0.2, 0.25) is 0 Å². The molecule has 1 aliphatic carbocycles. The zero-order chi connectivity index (χ0) is 8.55. The third kappa shape index (κ3) is 1.30. The van der Waals surface area contributed by atoms with Gasteiger partial charge in [0, 0.05) is 10.9 Å². The van der Waals surface area contributed by atoms with Gasteiger partial charge in [0.25, 0.3) is 0 Å². The van der Waals surface area contributed by atoms with Gasteiger partial charge in [-0.05, 0) is 19.3 Å². The van der Waals surface area contributed by atoms with Gasteiger partial charge in [0.05, 0.1) is 12.2 Å². The molecule has 0 amide bonds. The lowest BCUT2D eigenvalue weighted by atomic mass is 9.82. The second-order valence-corrected chi connectivity index (χ2v) is 4.53. The van der Waals surface area contributed by atoms with Crippen molar-refractivity contribution in [3.63, 3.8) is 0 Å². The standard InChI is InChI=1S/C9H11BrO2/c10-6-2-1-3-8-9(6)7(11)4-5-12-8/h4-6,8-9H,1-3H2. The molecule has 0 aromatic rings. The topological polar surface area (TPSA) is 26.3 Å². The van der Waals surface area contributed by atoms with Crippen molar-refractivity contribution in [1.82, 2.24) is 0 Å². The summed E-state index contributed by atoms with van der Waals surface area (Å²) in [5.41, 5.74) is 0. The number of ketones is 1. The molecule has 3 unspecified atom stereocenters. The molecule has 0 N–H and O–H groups in total. The summed E-state index contributed by atoms with van der Waals surface area (Å²) in [6.07, 6.45) is 6.46. The van der Waals surface area contributed by atoms with Crippen LogP contribution in [0.25, 0.3) is 0 Å². The van der Waals surface area contributed by atoms with E-state index >= 15 is 0 Å². The SMILES string of the molecule is O=C1C=COC2CCCC(Br)C12. The number of ether oxygens (including phenoxy) is 1. The van der Waals surface area contributed by atoms with Crippen LogP contribution in [-0.2, 0) is 9.53 Å². The molecule has 3 heteroatoms. The van der Waals surface area contributed by atoms with Crippen molar-refractivity contribution in [2.75, 3.05) is 0 Å². The Labute approximate surface area is 80.1 Å². The van der Waals surface area contributed by atoms with E-state index < -0.39 is 0 Å². The van der Waals surface area contributed by atoms with Gasteiger partial charge in [-0.25, -0.2) is 0 Å². The molecule has 0 bridgehead atoms. The maximum atomic E-state index is 11.4. The Morgan fingerprint density at radius 3 is 3.08 bits per heavy atom. The Hall–Kier alpha value is -0.310. The van der Waals surface area contributed by atoms with E-state index in [1.165, 1.54) is 6.26 Å². The molecule has 1 heterocycles. The summed E-state index contributed by atoms with van der Waals surface area (Å²) in [5, 5.41) is 0. The number of hydrogen-bond donors (Lipinski definition) is 0. The van der Waals surface area contributed by atoms with Gasteiger partial charge in [-0.15, -0.1) is 0 Å². The van der Waals surface area contributed by atoms with E-state index in [4.69, 9.17) is 4.74 Å². The van der Waals surface area contributed by atoms with Crippen molar-refractivity contribution in [3.8, 4) is 0 Å². The highest BCUT2D eigenvalue weighted by Crippen LogP contribution is 2.34. The van der Waals surface area contributed by atoms with E-state index in [9.17, 15) is 4.79 Å². The van der Waals surface area contributed by atoms with Crippen molar-refractivity contribution in [2.45, 2.75) is 30.2 Å². The van der Waals surface area contributed by atoms with Crippen LogP contribution < -0.4 is 0 Å². The second kappa shape index (κ2) is 3.21. The molecule has 0 aromatic heterocycles. The monoisotopic (exact) mass is 230 g/mol. The van der Waals surface area contributed by atoms with E-state index in [2.05, 4.69) is 15.9 Å². The summed E-state index contributed by atoms with van der Waals surface area (Å²) in [4.78, 5) is 11.8. The predicted octanol–water partition coefficient (Wildman–Crippen LogP) is 2.03. The molecule has 0 saturated heterocycles. The fourth-order valence-corrected chi connectivity index (χ4v) is 2.86. The van der Waals surface area contributed by atoms with E-state index in [1.54, 1.807) is 6.08 Å². The Kier molecular flexibility index (Phi) is 2.22. The number of fused-ring (bicyclic) bond motifs is 1. The maximum absolute atomic E-state index is 11.4. The number of hydrogen-bond acceptors (Lipinski definition) is 2. The molecule has 0 spiro atoms. The third-order valence-corrected chi connectivity index (χ3v) is 3.60. The minimum absolute atomic E-state index is 0.0590. The fourth-order valence-electron chi connectivity index (χ4n) is 1.94. The van der Waals surface area contributed by atoms with Crippen LogP contribution in [0.3, 0.4) is 0 Å². The molecule has 1 aliphatic heterocycles. The van der Waals surface area contributed by atoms with Crippen molar-refractivity contribution in [3.05, 3.63) is 12.3 Å². The fraction of sp³-hybridized carbons (Fsp3) is 0.667. The zero-order valence-electron chi connectivity index (χ0n) is 6.70. The molecular weight excluding hydrogens is 220 g/mol. The van der Waals surface area contributed by atoms with Gasteiger partial charge in [0.1, 0.15) is 6.10 Å². The van der Waals surface area contributed by atoms with Crippen LogP contribution in [0.2, 0.25) is 0 Å². The normalized spacial score (nSPS) is 40.4. The lowest BCUT2D eigenvalue weighted by molar-refractivity contribution is -0.125. The molecule has 66 valence electrons. The smallest absolute Gasteiger partial charge is 0.166 e. The number of rotatable bonds is 0. The van der Waals surface area contributed by atoms with Gasteiger partial charge >= 0.3 is 0 Å². The largest absolute Gasteiger partial charge is 0.497 e. The molecule has 2 rings (SSSR count). The summed E-state index contributed by atoms with van der Waals surface area (Å²) in [7, 11) is 0. The first-order valence-electron chi connectivity index (χ1n) is 4.29. The Bertz CT molecular complexity index is 225. The van der Waals surface area contributed by atoms with Crippen LogP contribution in [-0.4, -0.2) is 16.7 Å². The first-order chi connectivity index (χ1) is 5.79. The van der Waals surface area contributed by atoms with Crippen LogP contribution >= 0.6 is 15.9 Å². The predicted molar refractivity (Wildman–Crippen MR) is 49.1 cm³/mol. The van der Waals surface area contributed by atoms with Gasteiger partial charge < -0.3 is 4.74 Å². The van der Waals surface area contributed by atoms with E-state index in [1.807, 2.05) is 0 Å². The lowest BCUT2D eigenvalue weighted by Crippen LogP contribution is -2.40. The maximum Gasteiger partial charge on any atom is 0.166 e. The highest BCUT2D eigenvalue weighted by Gasteiger charge is 2.38. The molecule has 12 heavy (non-hydrogen) atoms. The average molecular weight is 231 g/mol. The molecule has 2 nitrogen and oxygen atoms in total. The molecule has 2 aliphatic rings. The van der Waals surface area contributed by atoms with E-state index in [-0.39, 0.29) is 17.8 Å². The van der Waals surface area contributed by atoms with Crippen molar-refractivity contribution in [1.29, 1.82) is 0 Å². The zero-order valence-corrected chi connectivity index (χ0v) is 8.29. The number of halogens is 1. The van der Waals surface area contributed by atoms with Gasteiger partial charge in [-0.3, -0.25) is 4.79 Å².